The van der Waals surface area contributed by atoms with Gasteiger partial charge in [-0.05, 0) is 31.0 Å². The maximum absolute atomic E-state index is 13.6. The molecule has 6 heteroatoms. The molecule has 0 aliphatic carbocycles. The summed E-state index contributed by atoms with van der Waals surface area (Å²) in [4.78, 5) is 34.4. The zero-order valence-electron chi connectivity index (χ0n) is 9.73. The fourth-order valence-corrected chi connectivity index (χ4v) is 2.11. The van der Waals surface area contributed by atoms with Crippen molar-refractivity contribution in [2.24, 2.45) is 0 Å². The van der Waals surface area contributed by atoms with Crippen molar-refractivity contribution in [3.8, 4) is 0 Å². The van der Waals surface area contributed by atoms with Crippen LogP contribution in [0.15, 0.2) is 12.1 Å². The lowest BCUT2D eigenvalue weighted by molar-refractivity contribution is -0.144. The molecule has 5 nitrogen and oxygen atoms in total. The summed E-state index contributed by atoms with van der Waals surface area (Å²) in [5.74, 6) is -3.82. The average Bonchev–Trinajstić information content (AvgIpc) is 2.52. The second kappa shape index (κ2) is 3.90. The van der Waals surface area contributed by atoms with Gasteiger partial charge in [0.05, 0.1) is 11.3 Å². The molecule has 1 atom stereocenters. The van der Waals surface area contributed by atoms with Crippen LogP contribution in [0, 0.1) is 13.8 Å². The van der Waals surface area contributed by atoms with E-state index < -0.39 is 24.0 Å². The minimum absolute atomic E-state index is 0.0468. The molecule has 1 aromatic carbocycles. The Bertz CT molecular complexity index is 582. The molecule has 1 unspecified atom stereocenters. The van der Waals surface area contributed by atoms with E-state index >= 15 is 0 Å². The summed E-state index contributed by atoms with van der Waals surface area (Å²) in [6, 6.07) is 3.11. The van der Waals surface area contributed by atoms with Crippen LogP contribution < -0.4 is 4.90 Å². The van der Waals surface area contributed by atoms with Gasteiger partial charge in [0.15, 0.2) is 0 Å². The van der Waals surface area contributed by atoms with Gasteiger partial charge in [-0.3, -0.25) is 14.5 Å². The number of carbonyl (C=O) groups excluding carboxylic acids is 2. The van der Waals surface area contributed by atoms with Crippen LogP contribution in [0.4, 0.5) is 10.1 Å². The molecule has 1 heterocycles. The number of amides is 1. The van der Waals surface area contributed by atoms with E-state index in [9.17, 15) is 18.8 Å². The third-order valence-corrected chi connectivity index (χ3v) is 2.77. The van der Waals surface area contributed by atoms with E-state index in [1.165, 1.54) is 6.07 Å². The van der Waals surface area contributed by atoms with Gasteiger partial charge in [-0.15, -0.1) is 0 Å². The summed E-state index contributed by atoms with van der Waals surface area (Å²) in [5.41, 5.74) is 1.35. The minimum Gasteiger partial charge on any atom is -0.478 e. The molecule has 1 aliphatic heterocycles. The Labute approximate surface area is 102 Å². The summed E-state index contributed by atoms with van der Waals surface area (Å²) in [6.07, 6.45) is -2.55. The maximum atomic E-state index is 13.6. The number of halogens is 1. The number of benzene rings is 1. The number of rotatable bonds is 2. The van der Waals surface area contributed by atoms with Crippen LogP contribution in [0.1, 0.15) is 21.5 Å². The number of hydrogen-bond acceptors (Lipinski definition) is 3. The fraction of sp³-hybridized carbons (Fsp3) is 0.250. The number of fused-ring (bicyclic) bond motifs is 1. The standard InChI is InChI=1S/C12H10FNO4/c1-5-3-6(2)8-7(4-5)9(15)11(16)14(8)10(13)12(17)18/h3-4,10H,1-2H3,(H,17,18). The van der Waals surface area contributed by atoms with Crippen LogP contribution in [0.2, 0.25) is 0 Å². The van der Waals surface area contributed by atoms with E-state index in [0.717, 1.165) is 5.56 Å². The highest BCUT2D eigenvalue weighted by Gasteiger charge is 2.43. The number of aliphatic carboxylic acids is 1. The molecule has 1 amide bonds. The third-order valence-electron chi connectivity index (χ3n) is 2.77. The summed E-state index contributed by atoms with van der Waals surface area (Å²) < 4.78 is 13.6. The first kappa shape index (κ1) is 12.2. The molecule has 1 N–H and O–H groups in total. The lowest BCUT2D eigenvalue weighted by Gasteiger charge is -2.19. The average molecular weight is 251 g/mol. The van der Waals surface area contributed by atoms with Gasteiger partial charge in [-0.1, -0.05) is 6.07 Å². The molecule has 0 radical (unpaired) electrons. The van der Waals surface area contributed by atoms with Gasteiger partial charge in [0.2, 0.25) is 0 Å². The van der Waals surface area contributed by atoms with Crippen LogP contribution in [0.3, 0.4) is 0 Å². The molecule has 0 saturated carbocycles. The van der Waals surface area contributed by atoms with E-state index in [1.807, 2.05) is 0 Å². The van der Waals surface area contributed by atoms with E-state index in [1.54, 1.807) is 19.9 Å². The summed E-state index contributed by atoms with van der Waals surface area (Å²) in [5, 5.41) is 8.64. The first-order chi connectivity index (χ1) is 8.34. The quantitative estimate of drug-likeness (QED) is 0.633. The monoisotopic (exact) mass is 251 g/mol. The molecule has 94 valence electrons. The molecule has 2 rings (SSSR count). The van der Waals surface area contributed by atoms with E-state index in [2.05, 4.69) is 0 Å². The van der Waals surface area contributed by atoms with Crippen molar-refractivity contribution in [2.45, 2.75) is 20.1 Å². The molecule has 0 fully saturated rings. The molecule has 0 aromatic heterocycles. The predicted octanol–water partition coefficient (Wildman–Crippen LogP) is 1.21. The van der Waals surface area contributed by atoms with E-state index in [0.29, 0.717) is 10.5 Å². The SMILES string of the molecule is Cc1cc(C)c2c(c1)C(=O)C(=O)N2C(F)C(=O)O. The van der Waals surface area contributed by atoms with E-state index in [4.69, 9.17) is 5.11 Å². The van der Waals surface area contributed by atoms with Gasteiger partial charge >= 0.3 is 11.9 Å². The van der Waals surface area contributed by atoms with E-state index in [-0.39, 0.29) is 11.3 Å². The predicted molar refractivity (Wildman–Crippen MR) is 60.3 cm³/mol. The van der Waals surface area contributed by atoms with Crippen LogP contribution >= 0.6 is 0 Å². The van der Waals surface area contributed by atoms with Gasteiger partial charge in [0, 0.05) is 0 Å². The Hall–Kier alpha value is -2.24. The van der Waals surface area contributed by atoms with Gasteiger partial charge in [-0.25, -0.2) is 9.18 Å². The van der Waals surface area contributed by atoms with Crippen molar-refractivity contribution in [3.63, 3.8) is 0 Å². The van der Waals surface area contributed by atoms with Crippen LogP contribution in [0.5, 0.6) is 0 Å². The van der Waals surface area contributed by atoms with Crippen LogP contribution in [-0.4, -0.2) is 29.1 Å². The zero-order valence-corrected chi connectivity index (χ0v) is 9.73. The Balaban J connectivity index is 2.65. The molecular formula is C12H10FNO4. The van der Waals surface area contributed by atoms with Crippen molar-refractivity contribution in [1.29, 1.82) is 0 Å². The van der Waals surface area contributed by atoms with Gasteiger partial charge in [-0.2, -0.15) is 0 Å². The topological polar surface area (TPSA) is 74.7 Å². The molecule has 18 heavy (non-hydrogen) atoms. The van der Waals surface area contributed by atoms with Gasteiger partial charge in [0.25, 0.3) is 12.1 Å². The Morgan fingerprint density at radius 3 is 2.50 bits per heavy atom. The largest absolute Gasteiger partial charge is 0.478 e. The van der Waals surface area contributed by atoms with Gasteiger partial charge in [0.1, 0.15) is 0 Å². The second-order valence-electron chi connectivity index (χ2n) is 4.16. The van der Waals surface area contributed by atoms with Crippen molar-refractivity contribution in [1.82, 2.24) is 0 Å². The highest BCUT2D eigenvalue weighted by atomic mass is 19.1. The van der Waals surface area contributed by atoms with Crippen molar-refractivity contribution in [3.05, 3.63) is 28.8 Å². The van der Waals surface area contributed by atoms with Gasteiger partial charge < -0.3 is 5.11 Å². The summed E-state index contributed by atoms with van der Waals surface area (Å²) in [7, 11) is 0. The number of ketones is 1. The lowest BCUT2D eigenvalue weighted by Crippen LogP contribution is -2.41. The van der Waals surface area contributed by atoms with Crippen LogP contribution in [0.25, 0.3) is 0 Å². The fourth-order valence-electron chi connectivity index (χ4n) is 2.11. The molecule has 0 spiro atoms. The Morgan fingerprint density at radius 2 is 1.94 bits per heavy atom. The first-order valence-corrected chi connectivity index (χ1v) is 5.20. The van der Waals surface area contributed by atoms with Crippen molar-refractivity contribution >= 4 is 23.3 Å². The highest BCUT2D eigenvalue weighted by molar-refractivity contribution is 6.53. The Morgan fingerprint density at radius 1 is 1.33 bits per heavy atom. The number of carboxylic acid groups (broad SMARTS) is 1. The highest BCUT2D eigenvalue weighted by Crippen LogP contribution is 2.35. The maximum Gasteiger partial charge on any atom is 0.360 e. The Kier molecular flexibility index (Phi) is 2.65. The number of Topliss-reactive ketones (excluding diaryl/α,β-unsaturated/α-hetero) is 1. The summed E-state index contributed by atoms with van der Waals surface area (Å²) >= 11 is 0. The number of carboxylic acids is 1. The minimum atomic E-state index is -2.55. The molecule has 0 saturated heterocycles. The third kappa shape index (κ3) is 1.57. The molecule has 1 aromatic rings. The molecular weight excluding hydrogens is 241 g/mol. The smallest absolute Gasteiger partial charge is 0.360 e. The first-order valence-electron chi connectivity index (χ1n) is 5.20. The number of nitrogens with zero attached hydrogens (tertiary/aromatic N) is 1. The molecule has 1 aliphatic rings. The normalized spacial score (nSPS) is 15.8. The lowest BCUT2D eigenvalue weighted by atomic mass is 10.0. The van der Waals surface area contributed by atoms with Crippen LogP contribution in [-0.2, 0) is 9.59 Å². The van der Waals surface area contributed by atoms with Crippen molar-refractivity contribution in [2.75, 3.05) is 4.90 Å². The van der Waals surface area contributed by atoms with Crippen molar-refractivity contribution < 1.29 is 23.9 Å². The molecule has 0 bridgehead atoms. The second-order valence-corrected chi connectivity index (χ2v) is 4.16. The zero-order chi connectivity index (χ0) is 13.6. The number of aryl methyl sites for hydroxylation is 2. The summed E-state index contributed by atoms with van der Waals surface area (Å²) in [6.45, 7) is 3.33. The number of anilines is 1. The number of hydrogen-bond donors (Lipinski definition) is 1. The number of carbonyl (C=O) groups is 3. The number of alkyl halides is 1.